The van der Waals surface area contributed by atoms with Crippen LogP contribution in [0.1, 0.15) is 29.3 Å². The number of hydrogen-bond donors (Lipinski definition) is 2. The molecule has 1 amide bonds. The molecule has 2 aromatic rings. The molecule has 110 valence electrons. The van der Waals surface area contributed by atoms with Gasteiger partial charge in [0, 0.05) is 0 Å². The Labute approximate surface area is 126 Å². The predicted molar refractivity (Wildman–Crippen MR) is 74.7 cm³/mol. The Morgan fingerprint density at radius 2 is 2.24 bits per heavy atom. The quantitative estimate of drug-likeness (QED) is 0.743. The summed E-state index contributed by atoms with van der Waals surface area (Å²) in [4.78, 5) is 23.7. The number of nitrogens with two attached hydrogens (primary N) is 1. The van der Waals surface area contributed by atoms with Crippen LogP contribution in [0.5, 0.6) is 0 Å². The molecule has 0 aliphatic heterocycles. The van der Waals surface area contributed by atoms with Crippen LogP contribution in [-0.2, 0) is 0 Å². The molecule has 0 bridgehead atoms. The van der Waals surface area contributed by atoms with Crippen LogP contribution < -0.4 is 11.1 Å². The maximum Gasteiger partial charge on any atom is 0.272 e. The lowest BCUT2D eigenvalue weighted by molar-refractivity contribution is 0.0953. The first-order valence-electron chi connectivity index (χ1n) is 5.76. The lowest BCUT2D eigenvalue weighted by Crippen LogP contribution is -2.25. The fourth-order valence-corrected chi connectivity index (χ4v) is 1.50. The van der Waals surface area contributed by atoms with E-state index in [4.69, 9.17) is 11.0 Å². The highest BCUT2D eigenvalue weighted by molar-refractivity contribution is 5.92. The second-order valence-electron chi connectivity index (χ2n) is 3.92. The van der Waals surface area contributed by atoms with E-state index in [9.17, 15) is 4.79 Å². The minimum atomic E-state index is -0.461. The fraction of sp³-hybridized carbons (Fsp3) is 0.273. The molecular formula is C11H13ClN8O. The maximum atomic E-state index is 11.6. The summed E-state index contributed by atoms with van der Waals surface area (Å²) in [5, 5.41) is 14.8. The molecule has 3 N–H and O–H groups in total. The van der Waals surface area contributed by atoms with Crippen molar-refractivity contribution in [1.29, 1.82) is 5.26 Å². The Morgan fingerprint density at radius 1 is 1.48 bits per heavy atom. The van der Waals surface area contributed by atoms with Crippen LogP contribution in [0.3, 0.4) is 0 Å². The van der Waals surface area contributed by atoms with Crippen LogP contribution in [0.25, 0.3) is 5.82 Å². The number of aromatic nitrogens is 5. The van der Waals surface area contributed by atoms with Crippen molar-refractivity contribution in [3.8, 4) is 11.9 Å². The number of amides is 1. The molecule has 0 aliphatic rings. The Morgan fingerprint density at radius 3 is 2.81 bits per heavy atom. The first-order valence-corrected chi connectivity index (χ1v) is 5.76. The van der Waals surface area contributed by atoms with E-state index in [1.165, 1.54) is 23.4 Å². The van der Waals surface area contributed by atoms with E-state index in [0.717, 1.165) is 0 Å². The molecule has 9 nitrogen and oxygen atoms in total. The second kappa shape index (κ2) is 7.28. The van der Waals surface area contributed by atoms with Gasteiger partial charge in [0.1, 0.15) is 18.6 Å². The molecule has 0 fully saturated rings. The molecule has 0 aliphatic carbocycles. The van der Waals surface area contributed by atoms with Crippen molar-refractivity contribution in [2.75, 3.05) is 6.54 Å². The van der Waals surface area contributed by atoms with Gasteiger partial charge in [-0.05, 0) is 6.92 Å². The summed E-state index contributed by atoms with van der Waals surface area (Å²) in [5.74, 6) is 0.490. The summed E-state index contributed by atoms with van der Waals surface area (Å²) in [6.07, 6.45) is 4.06. The third-order valence-corrected chi connectivity index (χ3v) is 2.40. The van der Waals surface area contributed by atoms with Gasteiger partial charge in [0.25, 0.3) is 5.91 Å². The molecule has 2 heterocycles. The SMILES string of the molecule is C[C@H](N)c1ncnn1-c1cnc(C(=O)NCC#N)cn1.Cl. The molecule has 2 aromatic heterocycles. The van der Waals surface area contributed by atoms with E-state index in [0.29, 0.717) is 11.6 Å². The molecule has 1 atom stereocenters. The highest BCUT2D eigenvalue weighted by atomic mass is 35.5. The summed E-state index contributed by atoms with van der Waals surface area (Å²) < 4.78 is 1.45. The van der Waals surface area contributed by atoms with Crippen molar-refractivity contribution >= 4 is 18.3 Å². The molecule has 0 radical (unpaired) electrons. The van der Waals surface area contributed by atoms with Gasteiger partial charge in [0.15, 0.2) is 11.6 Å². The Kier molecular flexibility index (Phi) is 5.71. The molecule has 10 heteroatoms. The number of rotatable bonds is 4. The lowest BCUT2D eigenvalue weighted by Gasteiger charge is -2.07. The standard InChI is InChI=1S/C11H12N8O.ClH/c1-7(13)10-17-6-18-19(10)9-5-15-8(4-16-9)11(20)14-3-2-12;/h4-7H,3,13H2,1H3,(H,14,20);1H/t7-;/m0./s1. The zero-order valence-corrected chi connectivity index (χ0v) is 11.9. The van der Waals surface area contributed by atoms with Gasteiger partial charge >= 0.3 is 0 Å². The predicted octanol–water partition coefficient (Wildman–Crippen LogP) is -0.248. The average Bonchev–Trinajstić information content (AvgIpc) is 2.94. The molecule has 0 spiro atoms. The van der Waals surface area contributed by atoms with Crippen molar-refractivity contribution in [2.45, 2.75) is 13.0 Å². The third kappa shape index (κ3) is 3.71. The molecular weight excluding hydrogens is 296 g/mol. The number of nitriles is 1. The van der Waals surface area contributed by atoms with Gasteiger partial charge in [0.05, 0.1) is 24.5 Å². The number of carbonyl (C=O) groups excluding carboxylic acids is 1. The van der Waals surface area contributed by atoms with Crippen LogP contribution >= 0.6 is 12.4 Å². The van der Waals surface area contributed by atoms with Crippen molar-refractivity contribution in [3.05, 3.63) is 30.2 Å². The minimum absolute atomic E-state index is 0. The molecule has 0 saturated heterocycles. The van der Waals surface area contributed by atoms with E-state index < -0.39 is 5.91 Å². The van der Waals surface area contributed by atoms with Crippen LogP contribution in [0, 0.1) is 11.3 Å². The summed E-state index contributed by atoms with van der Waals surface area (Å²) in [7, 11) is 0. The number of carbonyl (C=O) groups is 1. The van der Waals surface area contributed by atoms with Gasteiger partial charge in [-0.15, -0.1) is 12.4 Å². The van der Waals surface area contributed by atoms with Crippen LogP contribution in [-0.4, -0.2) is 37.2 Å². The smallest absolute Gasteiger partial charge is 0.272 e. The fourth-order valence-electron chi connectivity index (χ4n) is 1.50. The second-order valence-corrected chi connectivity index (χ2v) is 3.92. The van der Waals surface area contributed by atoms with Gasteiger partial charge in [0.2, 0.25) is 0 Å². The topological polar surface area (TPSA) is 135 Å². The molecule has 2 rings (SSSR count). The summed E-state index contributed by atoms with van der Waals surface area (Å²) in [5.41, 5.74) is 5.88. The Bertz CT molecular complexity index is 645. The number of nitrogens with zero attached hydrogens (tertiary/aromatic N) is 6. The number of hydrogen-bond acceptors (Lipinski definition) is 7. The van der Waals surface area contributed by atoms with Crippen LogP contribution in [0.2, 0.25) is 0 Å². The summed E-state index contributed by atoms with van der Waals surface area (Å²) in [6, 6.07) is 1.50. The largest absolute Gasteiger partial charge is 0.338 e. The van der Waals surface area contributed by atoms with Crippen molar-refractivity contribution in [3.63, 3.8) is 0 Å². The molecule has 21 heavy (non-hydrogen) atoms. The van der Waals surface area contributed by atoms with E-state index in [1.54, 1.807) is 13.0 Å². The van der Waals surface area contributed by atoms with E-state index in [-0.39, 0.29) is 30.7 Å². The zero-order chi connectivity index (χ0) is 14.5. The number of halogens is 1. The van der Waals surface area contributed by atoms with Crippen LogP contribution in [0.15, 0.2) is 18.7 Å². The van der Waals surface area contributed by atoms with Gasteiger partial charge in [-0.1, -0.05) is 0 Å². The molecule has 0 unspecified atom stereocenters. The first kappa shape index (κ1) is 16.5. The van der Waals surface area contributed by atoms with Crippen molar-refractivity contribution < 1.29 is 4.79 Å². The third-order valence-electron chi connectivity index (χ3n) is 2.40. The van der Waals surface area contributed by atoms with Gasteiger partial charge < -0.3 is 11.1 Å². The Hall–Kier alpha value is -2.57. The zero-order valence-electron chi connectivity index (χ0n) is 11.1. The van der Waals surface area contributed by atoms with E-state index in [2.05, 4.69) is 25.4 Å². The number of nitrogens with one attached hydrogen (secondary N) is 1. The minimum Gasteiger partial charge on any atom is -0.338 e. The maximum absolute atomic E-state index is 11.6. The molecule has 0 aromatic carbocycles. The van der Waals surface area contributed by atoms with Crippen molar-refractivity contribution in [2.24, 2.45) is 5.73 Å². The van der Waals surface area contributed by atoms with Crippen molar-refractivity contribution in [1.82, 2.24) is 30.0 Å². The van der Waals surface area contributed by atoms with Gasteiger partial charge in [-0.2, -0.15) is 15.0 Å². The average molecular weight is 309 g/mol. The monoisotopic (exact) mass is 308 g/mol. The normalized spacial score (nSPS) is 11.1. The van der Waals surface area contributed by atoms with E-state index in [1.807, 2.05) is 0 Å². The Balaban J connectivity index is 0.00000220. The first-order chi connectivity index (χ1) is 9.63. The van der Waals surface area contributed by atoms with E-state index >= 15 is 0 Å². The molecule has 0 saturated carbocycles. The highest BCUT2D eigenvalue weighted by Gasteiger charge is 2.13. The summed E-state index contributed by atoms with van der Waals surface area (Å²) >= 11 is 0. The lowest BCUT2D eigenvalue weighted by atomic mass is 10.3. The van der Waals surface area contributed by atoms with Crippen LogP contribution in [0.4, 0.5) is 0 Å². The van der Waals surface area contributed by atoms with Gasteiger partial charge in [-0.3, -0.25) is 4.79 Å². The van der Waals surface area contributed by atoms with Gasteiger partial charge in [-0.25, -0.2) is 15.0 Å². The highest BCUT2D eigenvalue weighted by Crippen LogP contribution is 2.10. The summed E-state index contributed by atoms with van der Waals surface area (Å²) in [6.45, 7) is 1.69.